The maximum Gasteiger partial charge on any atom is 0.554 e. The first-order valence-electron chi connectivity index (χ1n) is 4.67. The lowest BCUT2D eigenvalue weighted by Gasteiger charge is -2.32. The number of hydrogen-bond donors (Lipinski definition) is 0. The average molecular weight is 195 g/mol. The minimum Gasteiger partial charge on any atom is -0.452 e. The molecule has 0 unspecified atom stereocenters. The van der Waals surface area contributed by atoms with Crippen LogP contribution in [0.1, 0.15) is 27.7 Å². The van der Waals surface area contributed by atoms with Crippen molar-refractivity contribution in [2.45, 2.75) is 38.9 Å². The molecule has 0 saturated carbocycles. The highest BCUT2D eigenvalue weighted by atomic mass is 16.7. The van der Waals surface area contributed by atoms with E-state index in [0.29, 0.717) is 5.79 Å². The van der Waals surface area contributed by atoms with Gasteiger partial charge in [0.25, 0.3) is 0 Å². The van der Waals surface area contributed by atoms with E-state index in [1.165, 1.54) is 6.26 Å². The van der Waals surface area contributed by atoms with Gasteiger partial charge in [0, 0.05) is 0 Å². The lowest BCUT2D eigenvalue weighted by Crippen LogP contribution is -2.41. The number of nitrogens with zero attached hydrogens (tertiary/aromatic N) is 1. The van der Waals surface area contributed by atoms with E-state index in [1.807, 2.05) is 27.7 Å². The highest BCUT2D eigenvalue weighted by Crippen LogP contribution is 2.36. The molecule has 0 spiro atoms. The Hall–Kier alpha value is -0.805. The van der Waals surface area contributed by atoms with Crippen LogP contribution in [0.25, 0.3) is 0 Å². The summed E-state index contributed by atoms with van der Waals surface area (Å²) < 4.78 is 16.6. The Labute approximate surface area is 83.7 Å². The fourth-order valence-corrected chi connectivity index (χ4v) is 1.29. The molecule has 1 aromatic rings. The predicted molar refractivity (Wildman–Crippen MR) is 52.2 cm³/mol. The molecule has 1 aliphatic heterocycles. The SMILES string of the molecule is CC1(C)OB(c2ncco2)OC1(C)C. The van der Waals surface area contributed by atoms with Crippen LogP contribution in [0.5, 0.6) is 0 Å². The van der Waals surface area contributed by atoms with E-state index < -0.39 is 7.12 Å². The summed E-state index contributed by atoms with van der Waals surface area (Å²) in [7, 11) is -0.491. The van der Waals surface area contributed by atoms with Crippen LogP contribution in [0.4, 0.5) is 0 Å². The van der Waals surface area contributed by atoms with Crippen molar-refractivity contribution >= 4 is 12.9 Å². The van der Waals surface area contributed by atoms with Crippen molar-refractivity contribution < 1.29 is 13.7 Å². The molecule has 1 aliphatic rings. The van der Waals surface area contributed by atoms with Gasteiger partial charge >= 0.3 is 7.12 Å². The highest BCUT2D eigenvalue weighted by molar-refractivity contribution is 6.59. The van der Waals surface area contributed by atoms with E-state index in [2.05, 4.69) is 4.98 Å². The van der Waals surface area contributed by atoms with Crippen molar-refractivity contribution in [3.8, 4) is 0 Å². The third-order valence-electron chi connectivity index (χ3n) is 2.91. The normalized spacial score (nSPS) is 24.1. The second-order valence-corrected chi connectivity index (χ2v) is 4.46. The van der Waals surface area contributed by atoms with Gasteiger partial charge in [-0.2, -0.15) is 0 Å². The van der Waals surface area contributed by atoms with E-state index in [9.17, 15) is 0 Å². The second kappa shape index (κ2) is 2.84. The first-order chi connectivity index (χ1) is 6.42. The van der Waals surface area contributed by atoms with Gasteiger partial charge in [-0.05, 0) is 27.7 Å². The Bertz CT molecular complexity index is 305. The molecule has 2 rings (SSSR count). The van der Waals surface area contributed by atoms with Crippen molar-refractivity contribution in [3.63, 3.8) is 0 Å². The van der Waals surface area contributed by atoms with Crippen LogP contribution in [0.3, 0.4) is 0 Å². The summed E-state index contributed by atoms with van der Waals surface area (Å²) >= 11 is 0. The van der Waals surface area contributed by atoms with Crippen molar-refractivity contribution in [1.29, 1.82) is 0 Å². The minimum absolute atomic E-state index is 0.341. The van der Waals surface area contributed by atoms with Gasteiger partial charge in [0.2, 0.25) is 5.79 Å². The first-order valence-corrected chi connectivity index (χ1v) is 4.67. The number of hydrogen-bond acceptors (Lipinski definition) is 4. The van der Waals surface area contributed by atoms with E-state index in [0.717, 1.165) is 0 Å². The topological polar surface area (TPSA) is 44.5 Å². The van der Waals surface area contributed by atoms with Crippen molar-refractivity contribution in [1.82, 2.24) is 4.98 Å². The van der Waals surface area contributed by atoms with Gasteiger partial charge in [-0.1, -0.05) is 0 Å². The van der Waals surface area contributed by atoms with E-state index in [1.54, 1.807) is 6.20 Å². The maximum absolute atomic E-state index is 5.73. The zero-order valence-corrected chi connectivity index (χ0v) is 8.90. The van der Waals surface area contributed by atoms with Crippen LogP contribution in [0, 0.1) is 0 Å². The molecular formula is C9H14BNO3. The molecule has 0 atom stereocenters. The number of oxazole rings is 1. The standard InChI is InChI=1S/C9H14BNO3/c1-8(2)9(3,4)14-10(13-8)7-11-5-6-12-7/h5-6H,1-4H3. The molecule has 14 heavy (non-hydrogen) atoms. The fraction of sp³-hybridized carbons (Fsp3) is 0.667. The molecule has 0 aromatic carbocycles. The Morgan fingerprint density at radius 1 is 1.14 bits per heavy atom. The fourth-order valence-electron chi connectivity index (χ4n) is 1.29. The molecule has 2 heterocycles. The molecule has 0 amide bonds. The maximum atomic E-state index is 5.73. The molecule has 1 fully saturated rings. The predicted octanol–water partition coefficient (Wildman–Crippen LogP) is 0.974. The molecule has 5 heteroatoms. The minimum atomic E-state index is -0.491. The third kappa shape index (κ3) is 1.37. The first kappa shape index (κ1) is 9.74. The van der Waals surface area contributed by atoms with Gasteiger partial charge in [-0.15, -0.1) is 0 Å². The monoisotopic (exact) mass is 195 g/mol. The molecule has 0 bridgehead atoms. The number of rotatable bonds is 1. The molecule has 76 valence electrons. The van der Waals surface area contributed by atoms with Gasteiger partial charge in [-0.25, -0.2) is 4.98 Å². The molecule has 4 nitrogen and oxygen atoms in total. The van der Waals surface area contributed by atoms with Crippen molar-refractivity contribution in [2.75, 3.05) is 0 Å². The lowest BCUT2D eigenvalue weighted by atomic mass is 9.90. The molecule has 0 aliphatic carbocycles. The molecule has 1 saturated heterocycles. The van der Waals surface area contributed by atoms with E-state index in [-0.39, 0.29) is 11.2 Å². The zero-order chi connectivity index (χ0) is 10.4. The smallest absolute Gasteiger partial charge is 0.452 e. The summed E-state index contributed by atoms with van der Waals surface area (Å²) in [6, 6.07) is 0. The van der Waals surface area contributed by atoms with Gasteiger partial charge in [-0.3, -0.25) is 0 Å². The van der Waals surface area contributed by atoms with Crippen LogP contribution in [-0.4, -0.2) is 23.3 Å². The van der Waals surface area contributed by atoms with Crippen molar-refractivity contribution in [2.24, 2.45) is 0 Å². The summed E-state index contributed by atoms with van der Waals surface area (Å²) in [6.45, 7) is 7.98. The average Bonchev–Trinajstić information content (AvgIpc) is 2.58. The highest BCUT2D eigenvalue weighted by Gasteiger charge is 2.53. The molecule has 0 N–H and O–H groups in total. The third-order valence-corrected chi connectivity index (χ3v) is 2.91. The van der Waals surface area contributed by atoms with Gasteiger partial charge in [0.05, 0.1) is 17.4 Å². The summed E-state index contributed by atoms with van der Waals surface area (Å²) in [5.74, 6) is 0.476. The Morgan fingerprint density at radius 2 is 1.71 bits per heavy atom. The quantitative estimate of drug-likeness (QED) is 0.626. The van der Waals surface area contributed by atoms with E-state index >= 15 is 0 Å². The van der Waals surface area contributed by atoms with E-state index in [4.69, 9.17) is 13.7 Å². The van der Waals surface area contributed by atoms with Crippen molar-refractivity contribution in [3.05, 3.63) is 12.5 Å². The van der Waals surface area contributed by atoms with Crippen LogP contribution in [-0.2, 0) is 9.31 Å². The summed E-state index contributed by atoms with van der Waals surface area (Å²) in [4.78, 5) is 4.01. The lowest BCUT2D eigenvalue weighted by molar-refractivity contribution is 0.00578. The largest absolute Gasteiger partial charge is 0.554 e. The summed E-state index contributed by atoms with van der Waals surface area (Å²) in [5.41, 5.74) is -0.682. The van der Waals surface area contributed by atoms with Gasteiger partial charge in [0.15, 0.2) is 0 Å². The van der Waals surface area contributed by atoms with Crippen LogP contribution in [0.2, 0.25) is 0 Å². The van der Waals surface area contributed by atoms with Gasteiger partial charge in [0.1, 0.15) is 6.26 Å². The van der Waals surface area contributed by atoms with Gasteiger partial charge < -0.3 is 13.7 Å². The molecule has 1 aromatic heterocycles. The Kier molecular flexibility index (Phi) is 1.98. The summed E-state index contributed by atoms with van der Waals surface area (Å²) in [6.07, 6.45) is 3.10. The Balaban J connectivity index is 2.22. The molecular weight excluding hydrogens is 181 g/mol. The second-order valence-electron chi connectivity index (χ2n) is 4.46. The Morgan fingerprint density at radius 3 is 2.14 bits per heavy atom. The summed E-state index contributed by atoms with van der Waals surface area (Å²) in [5, 5.41) is 0. The zero-order valence-electron chi connectivity index (χ0n) is 8.90. The molecule has 0 radical (unpaired) electrons. The van der Waals surface area contributed by atoms with Crippen LogP contribution < -0.4 is 5.79 Å². The number of aromatic nitrogens is 1. The van der Waals surface area contributed by atoms with Crippen LogP contribution in [0.15, 0.2) is 16.9 Å². The van der Waals surface area contributed by atoms with Crippen LogP contribution >= 0.6 is 0 Å².